The average Bonchev–Trinajstić information content (AvgIpc) is 2.77. The summed E-state index contributed by atoms with van der Waals surface area (Å²) in [6.07, 6.45) is -14.9. The molecular formula is C19H11Cl2F6N7O3. The monoisotopic (exact) mass is 569 g/mol. The van der Waals surface area contributed by atoms with Gasteiger partial charge in [0.15, 0.2) is 0 Å². The molecule has 3 rings (SSSR count). The van der Waals surface area contributed by atoms with Crippen LogP contribution in [0.2, 0.25) is 10.0 Å². The van der Waals surface area contributed by atoms with Crippen molar-refractivity contribution in [3.63, 3.8) is 0 Å². The first kappa shape index (κ1) is 27.7. The lowest BCUT2D eigenvalue weighted by atomic mass is 10.2. The van der Waals surface area contributed by atoms with E-state index in [1.807, 2.05) is 0 Å². The van der Waals surface area contributed by atoms with Crippen molar-refractivity contribution < 1.29 is 36.0 Å². The van der Waals surface area contributed by atoms with Crippen LogP contribution in [0.4, 0.5) is 49.6 Å². The number of halogens is 8. The molecule has 0 fully saturated rings. The average molecular weight is 570 g/mol. The zero-order valence-electron chi connectivity index (χ0n) is 17.7. The van der Waals surface area contributed by atoms with Gasteiger partial charge in [-0.25, -0.2) is 5.43 Å². The highest BCUT2D eigenvalue weighted by Crippen LogP contribution is 2.36. The molecule has 0 saturated carbocycles. The lowest BCUT2D eigenvalue weighted by molar-refractivity contribution is -0.383. The van der Waals surface area contributed by atoms with Gasteiger partial charge in [0, 0.05) is 16.7 Å². The number of hydrogen-bond donors (Lipinski definition) is 2. The minimum atomic E-state index is -5.87. The molecule has 0 saturated heterocycles. The van der Waals surface area contributed by atoms with Crippen LogP contribution in [-0.4, -0.2) is 44.5 Å². The van der Waals surface area contributed by atoms with Crippen LogP contribution in [0, 0.1) is 10.1 Å². The number of para-hydroxylation sites is 2. The van der Waals surface area contributed by atoms with Gasteiger partial charge in [-0.05, 0) is 18.2 Å². The minimum absolute atomic E-state index is 0.176. The third kappa shape index (κ3) is 7.53. The molecular weight excluding hydrogens is 559 g/mol. The first-order valence-corrected chi connectivity index (χ1v) is 10.3. The number of aromatic nitrogens is 3. The van der Waals surface area contributed by atoms with E-state index in [2.05, 4.69) is 35.5 Å². The molecule has 1 heterocycles. The van der Waals surface area contributed by atoms with E-state index in [0.717, 1.165) is 12.3 Å². The largest absolute Gasteiger partial charge is 0.440 e. The maximum atomic E-state index is 13.0. The van der Waals surface area contributed by atoms with Gasteiger partial charge in [-0.1, -0.05) is 41.4 Å². The lowest BCUT2D eigenvalue weighted by Gasteiger charge is -2.22. The molecule has 37 heavy (non-hydrogen) atoms. The molecule has 0 unspecified atom stereocenters. The molecule has 1 aromatic heterocycles. The van der Waals surface area contributed by atoms with Gasteiger partial charge in [-0.3, -0.25) is 10.1 Å². The standard InChI is InChI=1S/C19H11Cl2F6N7O3/c20-10-6-5-9(11(21)7-10)8-28-33-16-30-15(29-12-3-1-2-4-13(12)34(35)36)31-17(32-16)37-14(18(22,23)24)19(25,26)27/h1-8,14H,(H2,29,30,31,32,33)/b28-8-. The normalized spacial score (nSPS) is 12.1. The highest BCUT2D eigenvalue weighted by Gasteiger charge is 2.59. The summed E-state index contributed by atoms with van der Waals surface area (Å²) in [5, 5.41) is 17.8. The van der Waals surface area contributed by atoms with Gasteiger partial charge in [-0.15, -0.1) is 0 Å². The van der Waals surface area contributed by atoms with Crippen molar-refractivity contribution in [1.82, 2.24) is 15.0 Å². The third-order valence-electron chi connectivity index (χ3n) is 4.11. The second-order valence-electron chi connectivity index (χ2n) is 6.78. The van der Waals surface area contributed by atoms with Crippen molar-refractivity contribution in [2.75, 3.05) is 10.7 Å². The summed E-state index contributed by atoms with van der Waals surface area (Å²) in [6.45, 7) is 0. The molecule has 2 aromatic carbocycles. The fraction of sp³-hybridized carbons (Fsp3) is 0.158. The predicted molar refractivity (Wildman–Crippen MR) is 120 cm³/mol. The number of benzene rings is 2. The van der Waals surface area contributed by atoms with Crippen LogP contribution in [0.3, 0.4) is 0 Å². The summed E-state index contributed by atoms with van der Waals surface area (Å²) in [6, 6.07) is 7.92. The highest BCUT2D eigenvalue weighted by atomic mass is 35.5. The topological polar surface area (TPSA) is 127 Å². The Kier molecular flexibility index (Phi) is 8.22. The molecule has 18 heteroatoms. The molecule has 0 amide bonds. The highest BCUT2D eigenvalue weighted by molar-refractivity contribution is 6.36. The number of hydrogen-bond acceptors (Lipinski definition) is 9. The lowest BCUT2D eigenvalue weighted by Crippen LogP contribution is -2.46. The molecule has 0 aliphatic carbocycles. The van der Waals surface area contributed by atoms with Gasteiger partial charge in [0.1, 0.15) is 5.69 Å². The van der Waals surface area contributed by atoms with E-state index in [1.165, 1.54) is 36.4 Å². The second kappa shape index (κ2) is 11.0. The molecule has 196 valence electrons. The number of ether oxygens (including phenoxy) is 1. The number of hydrazone groups is 1. The summed E-state index contributed by atoms with van der Waals surface area (Å²) in [7, 11) is 0. The molecule has 10 nitrogen and oxygen atoms in total. The Morgan fingerprint density at radius 1 is 1.00 bits per heavy atom. The van der Waals surface area contributed by atoms with Gasteiger partial charge in [0.25, 0.3) is 17.7 Å². The number of nitrogens with zero attached hydrogens (tertiary/aromatic N) is 5. The fourth-order valence-electron chi connectivity index (χ4n) is 2.56. The van der Waals surface area contributed by atoms with E-state index in [0.29, 0.717) is 10.6 Å². The van der Waals surface area contributed by atoms with Crippen molar-refractivity contribution >= 4 is 52.7 Å². The third-order valence-corrected chi connectivity index (χ3v) is 4.67. The van der Waals surface area contributed by atoms with E-state index in [9.17, 15) is 36.5 Å². The summed E-state index contributed by atoms with van der Waals surface area (Å²) in [4.78, 5) is 20.9. The zero-order chi connectivity index (χ0) is 27.4. The molecule has 0 bridgehead atoms. The van der Waals surface area contributed by atoms with Crippen LogP contribution in [0.5, 0.6) is 6.01 Å². The van der Waals surface area contributed by atoms with Crippen molar-refractivity contribution in [2.24, 2.45) is 5.10 Å². The summed E-state index contributed by atoms with van der Waals surface area (Å²) in [5.74, 6) is -1.36. The SMILES string of the molecule is O=[N+]([O-])c1ccccc1Nc1nc(N/N=C\c2ccc(Cl)cc2Cl)nc(OC(C(F)(F)F)C(F)(F)F)n1. The number of rotatable bonds is 8. The van der Waals surface area contributed by atoms with Crippen LogP contribution in [0.15, 0.2) is 47.6 Å². The van der Waals surface area contributed by atoms with Crippen LogP contribution >= 0.6 is 23.2 Å². The maximum Gasteiger partial charge on any atom is 0.434 e. The van der Waals surface area contributed by atoms with Gasteiger partial charge in [-0.2, -0.15) is 46.4 Å². The zero-order valence-corrected chi connectivity index (χ0v) is 19.2. The smallest absolute Gasteiger partial charge is 0.434 e. The van der Waals surface area contributed by atoms with Crippen LogP contribution in [0.1, 0.15) is 5.56 Å². The molecule has 0 aliphatic rings. The Bertz CT molecular complexity index is 1310. The number of anilines is 3. The van der Waals surface area contributed by atoms with Crippen LogP contribution in [0.25, 0.3) is 0 Å². The number of alkyl halides is 6. The Balaban J connectivity index is 1.98. The Morgan fingerprint density at radius 2 is 1.65 bits per heavy atom. The van der Waals surface area contributed by atoms with Crippen molar-refractivity contribution in [1.29, 1.82) is 0 Å². The number of nitro benzene ring substituents is 1. The first-order chi connectivity index (χ1) is 17.2. The fourth-order valence-corrected chi connectivity index (χ4v) is 3.02. The molecule has 0 radical (unpaired) electrons. The molecule has 0 atom stereocenters. The van der Waals surface area contributed by atoms with Crippen molar-refractivity contribution in [3.8, 4) is 6.01 Å². The quantitative estimate of drug-likeness (QED) is 0.143. The van der Waals surface area contributed by atoms with Gasteiger partial charge < -0.3 is 10.1 Å². The van der Waals surface area contributed by atoms with Gasteiger partial charge in [0.2, 0.25) is 5.95 Å². The molecule has 0 aliphatic heterocycles. The van der Waals surface area contributed by atoms with Crippen molar-refractivity contribution in [3.05, 3.63) is 68.2 Å². The minimum Gasteiger partial charge on any atom is -0.440 e. The summed E-state index contributed by atoms with van der Waals surface area (Å²) >= 11 is 11.8. The molecule has 2 N–H and O–H groups in total. The summed E-state index contributed by atoms with van der Waals surface area (Å²) < 4.78 is 81.9. The van der Waals surface area contributed by atoms with E-state index in [-0.39, 0.29) is 10.7 Å². The Hall–Kier alpha value is -3.92. The van der Waals surface area contributed by atoms with Crippen molar-refractivity contribution in [2.45, 2.75) is 18.5 Å². The van der Waals surface area contributed by atoms with Gasteiger partial charge in [0.05, 0.1) is 16.2 Å². The predicted octanol–water partition coefficient (Wildman–Crippen LogP) is 6.15. The molecule has 0 spiro atoms. The van der Waals surface area contributed by atoms with E-state index in [4.69, 9.17) is 23.2 Å². The molecule has 3 aromatic rings. The Morgan fingerprint density at radius 3 is 2.27 bits per heavy atom. The second-order valence-corrected chi connectivity index (χ2v) is 7.63. The van der Waals surface area contributed by atoms with Crippen LogP contribution in [-0.2, 0) is 0 Å². The maximum absolute atomic E-state index is 13.0. The van der Waals surface area contributed by atoms with Crippen LogP contribution < -0.4 is 15.5 Å². The number of nitrogens with one attached hydrogen (secondary N) is 2. The van der Waals surface area contributed by atoms with E-state index < -0.39 is 47.0 Å². The van der Waals surface area contributed by atoms with Gasteiger partial charge >= 0.3 is 18.4 Å². The Labute approximate surface area is 212 Å². The van der Waals surface area contributed by atoms with E-state index >= 15 is 0 Å². The van der Waals surface area contributed by atoms with E-state index in [1.54, 1.807) is 0 Å². The first-order valence-electron chi connectivity index (χ1n) is 9.55. The summed E-state index contributed by atoms with van der Waals surface area (Å²) in [5.41, 5.74) is 1.81. The number of nitro groups is 1.